The summed E-state index contributed by atoms with van der Waals surface area (Å²) in [5, 5.41) is 8.84. The predicted molar refractivity (Wildman–Crippen MR) is 85.9 cm³/mol. The summed E-state index contributed by atoms with van der Waals surface area (Å²) < 4.78 is 0. The van der Waals surface area contributed by atoms with Crippen LogP contribution >= 0.6 is 0 Å². The van der Waals surface area contributed by atoms with Crippen molar-refractivity contribution in [2.24, 2.45) is 0 Å². The van der Waals surface area contributed by atoms with Crippen molar-refractivity contribution in [3.63, 3.8) is 0 Å². The number of benzene rings is 1. The third-order valence-corrected chi connectivity index (χ3v) is 4.24. The highest BCUT2D eigenvalue weighted by Gasteiger charge is 2.24. The molecule has 0 aliphatic carbocycles. The first kappa shape index (κ1) is 15.8. The average molecular weight is 290 g/mol. The van der Waals surface area contributed by atoms with Crippen LogP contribution in [0.4, 0.5) is 5.69 Å². The summed E-state index contributed by atoms with van der Waals surface area (Å²) in [6, 6.07) is 9.13. The van der Waals surface area contributed by atoms with Crippen molar-refractivity contribution >= 4 is 11.7 Å². The van der Waals surface area contributed by atoms with Crippen LogP contribution in [0, 0.1) is 6.92 Å². The number of carboxylic acid groups (broad SMARTS) is 1. The van der Waals surface area contributed by atoms with Crippen LogP contribution in [0.25, 0.3) is 0 Å². The summed E-state index contributed by atoms with van der Waals surface area (Å²) in [5.41, 5.74) is 2.56. The molecule has 1 fully saturated rings. The zero-order chi connectivity index (χ0) is 15.2. The molecule has 4 nitrogen and oxygen atoms in total. The maximum Gasteiger partial charge on any atom is 0.304 e. The minimum absolute atomic E-state index is 0.239. The van der Waals surface area contributed by atoms with Crippen LogP contribution in [0.1, 0.15) is 31.7 Å². The molecule has 1 aliphatic rings. The van der Waals surface area contributed by atoms with Crippen molar-refractivity contribution in [2.45, 2.75) is 39.2 Å². The van der Waals surface area contributed by atoms with E-state index in [0.29, 0.717) is 12.6 Å². The smallest absolute Gasteiger partial charge is 0.304 e. The van der Waals surface area contributed by atoms with Crippen LogP contribution in [0.5, 0.6) is 0 Å². The summed E-state index contributed by atoms with van der Waals surface area (Å²) in [5.74, 6) is -0.705. The first-order valence-electron chi connectivity index (χ1n) is 7.87. The zero-order valence-electron chi connectivity index (χ0n) is 13.1. The van der Waals surface area contributed by atoms with Gasteiger partial charge in [-0.2, -0.15) is 0 Å². The number of aryl methyl sites for hydroxylation is 1. The molecular formula is C17H26N2O2. The number of hydrogen-bond acceptors (Lipinski definition) is 3. The second kappa shape index (κ2) is 7.46. The third-order valence-electron chi connectivity index (χ3n) is 4.24. The molecule has 21 heavy (non-hydrogen) atoms. The van der Waals surface area contributed by atoms with Crippen molar-refractivity contribution in [1.29, 1.82) is 0 Å². The lowest BCUT2D eigenvalue weighted by atomic mass is 10.0. The Kier molecular flexibility index (Phi) is 5.62. The van der Waals surface area contributed by atoms with Gasteiger partial charge in [0, 0.05) is 31.4 Å². The lowest BCUT2D eigenvalue weighted by molar-refractivity contribution is -0.137. The van der Waals surface area contributed by atoms with E-state index in [4.69, 9.17) is 5.11 Å². The molecule has 0 amide bonds. The van der Waals surface area contributed by atoms with Crippen molar-refractivity contribution < 1.29 is 9.90 Å². The van der Waals surface area contributed by atoms with E-state index < -0.39 is 5.97 Å². The summed E-state index contributed by atoms with van der Waals surface area (Å²) in [6.45, 7) is 7.96. The predicted octanol–water partition coefficient (Wildman–Crippen LogP) is 2.76. The topological polar surface area (TPSA) is 43.8 Å². The van der Waals surface area contributed by atoms with Gasteiger partial charge in [-0.05, 0) is 50.9 Å². The Labute approximate surface area is 127 Å². The molecule has 1 saturated heterocycles. The van der Waals surface area contributed by atoms with Gasteiger partial charge in [-0.15, -0.1) is 0 Å². The van der Waals surface area contributed by atoms with Crippen LogP contribution in [0.2, 0.25) is 0 Å². The molecular weight excluding hydrogens is 264 g/mol. The number of carbonyl (C=O) groups is 1. The monoisotopic (exact) mass is 290 g/mol. The van der Waals surface area contributed by atoms with Crippen molar-refractivity contribution in [3.8, 4) is 0 Å². The van der Waals surface area contributed by atoms with Gasteiger partial charge >= 0.3 is 5.97 Å². The van der Waals surface area contributed by atoms with Gasteiger partial charge in [0.2, 0.25) is 0 Å². The molecule has 1 heterocycles. The number of likely N-dealkylation sites (N-methyl/N-ethyl adjacent to an activating group) is 1. The minimum Gasteiger partial charge on any atom is -0.481 e. The Balaban J connectivity index is 2.02. The summed E-state index contributed by atoms with van der Waals surface area (Å²) >= 11 is 0. The molecule has 1 atom stereocenters. The number of aliphatic carboxylic acids is 1. The lowest BCUT2D eigenvalue weighted by Crippen LogP contribution is -2.48. The molecule has 0 spiro atoms. The van der Waals surface area contributed by atoms with E-state index in [1.165, 1.54) is 17.7 Å². The Morgan fingerprint density at radius 2 is 2.29 bits per heavy atom. The molecule has 1 N–H and O–H groups in total. The van der Waals surface area contributed by atoms with E-state index in [0.717, 1.165) is 26.1 Å². The molecule has 0 saturated carbocycles. The highest BCUT2D eigenvalue weighted by atomic mass is 16.4. The number of anilines is 1. The van der Waals surface area contributed by atoms with E-state index in [9.17, 15) is 4.79 Å². The van der Waals surface area contributed by atoms with Gasteiger partial charge in [-0.25, -0.2) is 0 Å². The highest BCUT2D eigenvalue weighted by Crippen LogP contribution is 2.23. The first-order valence-corrected chi connectivity index (χ1v) is 7.87. The fraction of sp³-hybridized carbons (Fsp3) is 0.588. The Hall–Kier alpha value is -1.55. The van der Waals surface area contributed by atoms with Crippen LogP contribution < -0.4 is 4.90 Å². The number of likely N-dealkylation sites (tertiary alicyclic amines) is 1. The number of piperidine rings is 1. The molecule has 1 unspecified atom stereocenters. The molecule has 2 rings (SSSR count). The molecule has 116 valence electrons. The van der Waals surface area contributed by atoms with E-state index in [2.05, 4.69) is 47.9 Å². The number of hydrogen-bond donors (Lipinski definition) is 1. The second-order valence-corrected chi connectivity index (χ2v) is 5.87. The van der Waals surface area contributed by atoms with Crippen molar-refractivity contribution in [1.82, 2.24) is 4.90 Å². The molecule has 1 aromatic rings. The van der Waals surface area contributed by atoms with Crippen LogP contribution in [0.3, 0.4) is 0 Å². The molecule has 1 aliphatic heterocycles. The van der Waals surface area contributed by atoms with Crippen molar-refractivity contribution in [2.75, 3.05) is 31.1 Å². The second-order valence-electron chi connectivity index (χ2n) is 5.87. The zero-order valence-corrected chi connectivity index (χ0v) is 13.1. The summed E-state index contributed by atoms with van der Waals surface area (Å²) in [7, 11) is 0. The maximum atomic E-state index is 10.7. The van der Waals surface area contributed by atoms with E-state index >= 15 is 0 Å². The SMILES string of the molecule is CCN(c1cccc(C)c1)C1CCCN(CCC(=O)O)C1. The van der Waals surface area contributed by atoms with Gasteiger partial charge < -0.3 is 14.9 Å². The highest BCUT2D eigenvalue weighted by molar-refractivity contribution is 5.66. The maximum absolute atomic E-state index is 10.7. The van der Waals surface area contributed by atoms with Gasteiger partial charge in [-0.3, -0.25) is 4.79 Å². The average Bonchev–Trinajstić information content (AvgIpc) is 2.46. The van der Waals surface area contributed by atoms with Crippen LogP contribution in [-0.4, -0.2) is 48.2 Å². The van der Waals surface area contributed by atoms with Gasteiger partial charge in [0.1, 0.15) is 0 Å². The lowest BCUT2D eigenvalue weighted by Gasteiger charge is -2.40. The Morgan fingerprint density at radius 1 is 1.48 bits per heavy atom. The quantitative estimate of drug-likeness (QED) is 0.875. The Morgan fingerprint density at radius 3 is 2.95 bits per heavy atom. The van der Waals surface area contributed by atoms with Gasteiger partial charge in [0.25, 0.3) is 0 Å². The minimum atomic E-state index is -0.705. The molecule has 0 radical (unpaired) electrons. The largest absolute Gasteiger partial charge is 0.481 e. The summed E-state index contributed by atoms with van der Waals surface area (Å²) in [6.07, 6.45) is 2.57. The number of nitrogens with zero attached hydrogens (tertiary/aromatic N) is 2. The first-order chi connectivity index (χ1) is 10.1. The Bertz CT molecular complexity index is 476. The molecule has 0 aromatic heterocycles. The third kappa shape index (κ3) is 4.46. The van der Waals surface area contributed by atoms with Crippen molar-refractivity contribution in [3.05, 3.63) is 29.8 Å². The van der Waals surface area contributed by atoms with Crippen LogP contribution in [-0.2, 0) is 4.79 Å². The molecule has 0 bridgehead atoms. The van der Waals surface area contributed by atoms with Crippen LogP contribution in [0.15, 0.2) is 24.3 Å². The standard InChI is InChI=1S/C17H26N2O2/c1-3-19(15-7-4-6-14(2)12-15)16-8-5-10-18(13-16)11-9-17(20)21/h4,6-7,12,16H,3,5,8-11,13H2,1-2H3,(H,20,21). The van der Waals surface area contributed by atoms with Gasteiger partial charge in [0.15, 0.2) is 0 Å². The fourth-order valence-corrected chi connectivity index (χ4v) is 3.20. The summed E-state index contributed by atoms with van der Waals surface area (Å²) in [4.78, 5) is 15.5. The normalized spacial score (nSPS) is 19.4. The number of carboxylic acids is 1. The van der Waals surface area contributed by atoms with E-state index in [1.54, 1.807) is 0 Å². The number of rotatable bonds is 6. The van der Waals surface area contributed by atoms with E-state index in [-0.39, 0.29) is 6.42 Å². The molecule has 1 aromatic carbocycles. The van der Waals surface area contributed by atoms with E-state index in [1.807, 2.05) is 0 Å². The van der Waals surface area contributed by atoms with Gasteiger partial charge in [-0.1, -0.05) is 12.1 Å². The fourth-order valence-electron chi connectivity index (χ4n) is 3.20. The molecule has 4 heteroatoms. The van der Waals surface area contributed by atoms with Gasteiger partial charge in [0.05, 0.1) is 6.42 Å².